The van der Waals surface area contributed by atoms with Crippen molar-refractivity contribution in [2.75, 3.05) is 33.1 Å². The predicted octanol–water partition coefficient (Wildman–Crippen LogP) is 2.17. The minimum atomic E-state index is -3.73. The Hall–Kier alpha value is -1.89. The van der Waals surface area contributed by atoms with Gasteiger partial charge in [0.15, 0.2) is 17.1 Å². The van der Waals surface area contributed by atoms with Crippen LogP contribution < -0.4 is 0 Å². The maximum absolute atomic E-state index is 13.2. The van der Waals surface area contributed by atoms with Crippen LogP contribution >= 0.6 is 19.5 Å². The third-order valence-electron chi connectivity index (χ3n) is 6.19. The first-order chi connectivity index (χ1) is 16.9. The molecule has 5 atom stereocenters. The van der Waals surface area contributed by atoms with E-state index >= 15 is 0 Å². The molecule has 0 bridgehead atoms. The molecule has 0 aromatic carbocycles. The van der Waals surface area contributed by atoms with Gasteiger partial charge in [-0.15, -0.1) is 0 Å². The van der Waals surface area contributed by atoms with Crippen molar-refractivity contribution in [3.63, 3.8) is 0 Å². The number of hydrogen-bond donors (Lipinski definition) is 2. The molecule has 0 amide bonds. The largest absolute Gasteiger partial charge is 0.407 e. The van der Waals surface area contributed by atoms with Crippen molar-refractivity contribution >= 4 is 47.4 Å². The molecule has 0 saturated carbocycles. The molecule has 196 valence electrons. The maximum Gasteiger partial charge on any atom is 0.407 e. The van der Waals surface area contributed by atoms with Gasteiger partial charge in [0.1, 0.15) is 17.8 Å². The van der Waals surface area contributed by atoms with Crippen LogP contribution in [0.4, 0.5) is 0 Å². The van der Waals surface area contributed by atoms with Gasteiger partial charge in [0.25, 0.3) is 0 Å². The average Bonchev–Trinajstić information content (AvgIpc) is 3.22. The van der Waals surface area contributed by atoms with E-state index in [1.54, 1.807) is 29.1 Å². The number of aromatic nitrogens is 2. The van der Waals surface area contributed by atoms with Gasteiger partial charge in [0, 0.05) is 36.0 Å². The zero-order chi connectivity index (χ0) is 26.3. The summed E-state index contributed by atoms with van der Waals surface area (Å²) < 4.78 is 33.3. The van der Waals surface area contributed by atoms with E-state index in [1.165, 1.54) is 38.7 Å². The first kappa shape index (κ1) is 27.2. The molecule has 4 rings (SSSR count). The van der Waals surface area contributed by atoms with Gasteiger partial charge >= 0.3 is 7.75 Å². The monoisotopic (exact) mass is 539 g/mol. The zero-order valence-electron chi connectivity index (χ0n) is 20.5. The van der Waals surface area contributed by atoms with Gasteiger partial charge in [-0.1, -0.05) is 11.8 Å². The summed E-state index contributed by atoms with van der Waals surface area (Å²) in [7, 11) is -0.667. The number of ketones is 1. The summed E-state index contributed by atoms with van der Waals surface area (Å²) in [5.74, 6) is 0.261. The van der Waals surface area contributed by atoms with Crippen molar-refractivity contribution in [2.24, 2.45) is 0 Å². The first-order valence-corrected chi connectivity index (χ1v) is 13.9. The third kappa shape index (κ3) is 5.23. The van der Waals surface area contributed by atoms with Crippen molar-refractivity contribution < 1.29 is 38.2 Å². The Morgan fingerprint density at radius 2 is 2.14 bits per heavy atom. The van der Waals surface area contributed by atoms with Crippen LogP contribution in [0.3, 0.4) is 0 Å². The number of ether oxygens (including phenoxy) is 1. The van der Waals surface area contributed by atoms with Gasteiger partial charge in [-0.2, -0.15) is 0 Å². The molecule has 2 N–H and O–H groups in total. The fourth-order valence-corrected chi connectivity index (χ4v) is 6.09. The lowest BCUT2D eigenvalue weighted by molar-refractivity contribution is -0.114. The number of allylic oxidation sites excluding steroid dienone is 1. The minimum absolute atomic E-state index is 0.0264. The number of nitrogens with zero attached hydrogens (tertiary/aromatic N) is 3. The van der Waals surface area contributed by atoms with E-state index in [2.05, 4.69) is 4.98 Å². The number of carbonyl (C=O) groups is 2. The SMILES string of the molecule is CC(=O)SCCOP(=O)(OC[C@H]1O[C@@H](n2cc3c4c(nccc42)CC(=O)C=C3)[C@](C)(O)[C@@H]1O)N(C)C. The number of thioether (sulfide) groups is 1. The Bertz CT molecular complexity index is 1240. The predicted molar refractivity (Wildman–Crippen MR) is 134 cm³/mol. The van der Waals surface area contributed by atoms with E-state index in [1.807, 2.05) is 0 Å². The Labute approximate surface area is 213 Å². The molecule has 3 heterocycles. The van der Waals surface area contributed by atoms with Gasteiger partial charge in [-0.05, 0) is 39.2 Å². The van der Waals surface area contributed by atoms with Gasteiger partial charge in [-0.25, -0.2) is 9.24 Å². The highest BCUT2D eigenvalue weighted by Gasteiger charge is 2.54. The molecule has 1 unspecified atom stereocenters. The lowest BCUT2D eigenvalue weighted by Gasteiger charge is -2.28. The number of rotatable bonds is 9. The second-order valence-electron chi connectivity index (χ2n) is 9.10. The smallest absolute Gasteiger partial charge is 0.387 e. The standard InChI is InChI=1S/C23H30N3O8PS/c1-14(27)36-10-9-32-35(31,25(3)4)33-13-19-21(29)23(2,30)22(34-19)26-12-15-5-6-16(28)11-17-20(15)18(26)7-8-24-17/h5-8,12,19,21-22,29-30H,9-11,13H2,1-4H3/t19-,21-,22-,23-,35?/m1/s1. The van der Waals surface area contributed by atoms with Crippen molar-refractivity contribution in [1.82, 2.24) is 14.2 Å². The number of aliphatic hydroxyl groups is 2. The van der Waals surface area contributed by atoms with Crippen LogP contribution in [0.2, 0.25) is 0 Å². The van der Waals surface area contributed by atoms with Crippen LogP contribution in [-0.2, 0) is 34.4 Å². The van der Waals surface area contributed by atoms with Gasteiger partial charge in [0.2, 0.25) is 0 Å². The zero-order valence-corrected chi connectivity index (χ0v) is 22.2. The molecule has 1 aliphatic carbocycles. The van der Waals surface area contributed by atoms with Crippen LogP contribution in [0, 0.1) is 0 Å². The molecule has 2 aromatic rings. The van der Waals surface area contributed by atoms with E-state index in [0.29, 0.717) is 17.0 Å². The van der Waals surface area contributed by atoms with Gasteiger partial charge in [-0.3, -0.25) is 23.6 Å². The summed E-state index contributed by atoms with van der Waals surface area (Å²) in [6.07, 6.45) is 3.33. The molecule has 0 spiro atoms. The average molecular weight is 540 g/mol. The Balaban J connectivity index is 1.54. The second-order valence-corrected chi connectivity index (χ2v) is 12.6. The lowest BCUT2D eigenvalue weighted by Crippen LogP contribution is -2.44. The fourth-order valence-electron chi connectivity index (χ4n) is 4.32. The number of pyridine rings is 1. The molecule has 13 heteroatoms. The van der Waals surface area contributed by atoms with Crippen molar-refractivity contribution in [1.29, 1.82) is 0 Å². The Morgan fingerprint density at radius 1 is 1.39 bits per heavy atom. The highest BCUT2D eigenvalue weighted by atomic mass is 32.2. The third-order valence-corrected chi connectivity index (χ3v) is 8.93. The van der Waals surface area contributed by atoms with E-state index in [9.17, 15) is 24.4 Å². The normalized spacial score (nSPS) is 27.5. The van der Waals surface area contributed by atoms with E-state index in [0.717, 1.165) is 22.7 Å². The molecule has 1 saturated heterocycles. The van der Waals surface area contributed by atoms with Crippen molar-refractivity contribution in [2.45, 2.75) is 44.3 Å². The molecule has 1 fully saturated rings. The van der Waals surface area contributed by atoms with E-state index in [4.69, 9.17) is 13.8 Å². The van der Waals surface area contributed by atoms with Gasteiger partial charge < -0.3 is 19.5 Å². The van der Waals surface area contributed by atoms with Crippen LogP contribution in [0.1, 0.15) is 31.3 Å². The topological polar surface area (TPSA) is 140 Å². The fraction of sp³-hybridized carbons (Fsp3) is 0.522. The number of carbonyl (C=O) groups excluding carboxylic acids is 2. The minimum Gasteiger partial charge on any atom is -0.387 e. The first-order valence-electron chi connectivity index (χ1n) is 11.4. The molecule has 2 aromatic heterocycles. The molecule has 2 aliphatic rings. The van der Waals surface area contributed by atoms with Crippen LogP contribution in [-0.4, -0.2) is 86.2 Å². The van der Waals surface area contributed by atoms with Crippen LogP contribution in [0.15, 0.2) is 24.5 Å². The van der Waals surface area contributed by atoms with Gasteiger partial charge in [0.05, 0.1) is 30.8 Å². The Kier molecular flexibility index (Phi) is 7.89. The van der Waals surface area contributed by atoms with E-state index in [-0.39, 0.29) is 30.5 Å². The molecule has 0 radical (unpaired) electrons. The molecule has 36 heavy (non-hydrogen) atoms. The highest BCUT2D eigenvalue weighted by molar-refractivity contribution is 8.13. The lowest BCUT2D eigenvalue weighted by atomic mass is 9.96. The number of aliphatic hydroxyl groups excluding tert-OH is 1. The van der Waals surface area contributed by atoms with E-state index < -0.39 is 31.8 Å². The van der Waals surface area contributed by atoms with Crippen LogP contribution in [0.25, 0.3) is 17.0 Å². The second kappa shape index (κ2) is 10.5. The molecule has 11 nitrogen and oxygen atoms in total. The quantitative estimate of drug-likeness (QED) is 0.358. The molecule has 1 aliphatic heterocycles. The van der Waals surface area contributed by atoms with Crippen molar-refractivity contribution in [3.8, 4) is 0 Å². The molecular weight excluding hydrogens is 509 g/mol. The summed E-state index contributed by atoms with van der Waals surface area (Å²) in [4.78, 5) is 27.5. The summed E-state index contributed by atoms with van der Waals surface area (Å²) in [5.41, 5.74) is 0.354. The number of hydrogen-bond acceptors (Lipinski definition) is 10. The summed E-state index contributed by atoms with van der Waals surface area (Å²) in [5, 5.41) is 22.9. The Morgan fingerprint density at radius 3 is 2.83 bits per heavy atom. The summed E-state index contributed by atoms with van der Waals surface area (Å²) in [6.45, 7) is 2.61. The summed E-state index contributed by atoms with van der Waals surface area (Å²) >= 11 is 1.05. The summed E-state index contributed by atoms with van der Waals surface area (Å²) in [6, 6.07) is 1.76. The highest BCUT2D eigenvalue weighted by Crippen LogP contribution is 2.51. The maximum atomic E-state index is 13.2. The van der Waals surface area contributed by atoms with Crippen molar-refractivity contribution in [3.05, 3.63) is 35.8 Å². The molecular formula is C23H30N3O8PS. The van der Waals surface area contributed by atoms with Crippen LogP contribution in [0.5, 0.6) is 0 Å².